The van der Waals surface area contributed by atoms with Gasteiger partial charge in [0.05, 0.1) is 5.52 Å². The van der Waals surface area contributed by atoms with Crippen molar-refractivity contribution < 1.29 is 9.21 Å². The number of rotatable bonds is 5. The molecule has 0 N–H and O–H groups in total. The Morgan fingerprint density at radius 3 is 2.79 bits per heavy atom. The molecule has 2 saturated heterocycles. The Morgan fingerprint density at radius 2 is 1.93 bits per heavy atom. The van der Waals surface area contributed by atoms with Crippen molar-refractivity contribution in [2.45, 2.75) is 45.1 Å². The summed E-state index contributed by atoms with van der Waals surface area (Å²) >= 11 is 0. The van der Waals surface area contributed by atoms with E-state index in [-0.39, 0.29) is 11.2 Å². The van der Waals surface area contributed by atoms with Crippen LogP contribution in [0.25, 0.3) is 11.1 Å². The van der Waals surface area contributed by atoms with Crippen LogP contribution in [-0.4, -0.2) is 53.0 Å². The number of hydrogen-bond acceptors (Lipinski definition) is 4. The summed E-state index contributed by atoms with van der Waals surface area (Å²) in [6.07, 6.45) is 6.68. The van der Waals surface area contributed by atoms with Gasteiger partial charge in [0.1, 0.15) is 0 Å². The predicted octanol–water partition coefficient (Wildman–Crippen LogP) is 2.71. The number of likely N-dealkylation sites (tertiary alicyclic amines) is 2. The number of carbonyl (C=O) groups excluding carboxylic acids is 1. The molecule has 3 fully saturated rings. The second-order valence-corrected chi connectivity index (χ2v) is 9.08. The van der Waals surface area contributed by atoms with Gasteiger partial charge in [0.25, 0.3) is 0 Å². The van der Waals surface area contributed by atoms with Crippen LogP contribution in [0.1, 0.15) is 38.5 Å². The van der Waals surface area contributed by atoms with Crippen LogP contribution in [-0.2, 0) is 11.3 Å². The van der Waals surface area contributed by atoms with Gasteiger partial charge in [0.2, 0.25) is 5.91 Å². The zero-order valence-corrected chi connectivity index (χ0v) is 16.4. The lowest BCUT2D eigenvalue weighted by Gasteiger charge is -2.48. The van der Waals surface area contributed by atoms with E-state index in [0.29, 0.717) is 24.5 Å². The monoisotopic (exact) mass is 383 g/mol. The smallest absolute Gasteiger partial charge is 0.408 e. The first-order valence-electron chi connectivity index (χ1n) is 10.7. The fourth-order valence-electron chi connectivity index (χ4n) is 5.18. The lowest BCUT2D eigenvalue weighted by molar-refractivity contribution is -0.139. The minimum absolute atomic E-state index is 0.241. The number of piperidine rings is 2. The van der Waals surface area contributed by atoms with Crippen molar-refractivity contribution in [3.05, 3.63) is 34.8 Å². The average Bonchev–Trinajstić information content (AvgIpc) is 3.45. The number of nitrogens with zero attached hydrogens (tertiary/aromatic N) is 3. The number of oxazole rings is 1. The fourth-order valence-corrected chi connectivity index (χ4v) is 5.18. The number of para-hydroxylation sites is 2. The maximum absolute atomic E-state index is 12.4. The van der Waals surface area contributed by atoms with Crippen LogP contribution in [0.4, 0.5) is 0 Å². The van der Waals surface area contributed by atoms with E-state index in [1.54, 1.807) is 4.57 Å². The van der Waals surface area contributed by atoms with E-state index >= 15 is 0 Å². The molecular weight excluding hydrogens is 354 g/mol. The molecule has 0 bridgehead atoms. The Bertz CT molecular complexity index is 928. The van der Waals surface area contributed by atoms with Crippen LogP contribution in [0.5, 0.6) is 0 Å². The number of fused-ring (bicyclic) bond motifs is 1. The third kappa shape index (κ3) is 3.50. The van der Waals surface area contributed by atoms with E-state index in [9.17, 15) is 9.59 Å². The Labute approximate surface area is 165 Å². The summed E-state index contributed by atoms with van der Waals surface area (Å²) < 4.78 is 7.11. The molecule has 1 aliphatic carbocycles. The van der Waals surface area contributed by atoms with Gasteiger partial charge in [-0.15, -0.1) is 0 Å². The Kier molecular flexibility index (Phi) is 4.54. The maximum Gasteiger partial charge on any atom is 0.419 e. The Balaban J connectivity index is 1.26. The first kappa shape index (κ1) is 18.0. The normalized spacial score (nSPS) is 26.4. The Hall–Kier alpha value is -2.08. The molecule has 1 spiro atoms. The number of aromatic nitrogens is 1. The van der Waals surface area contributed by atoms with E-state index < -0.39 is 0 Å². The highest BCUT2D eigenvalue weighted by Gasteiger charge is 2.42. The van der Waals surface area contributed by atoms with Gasteiger partial charge < -0.3 is 14.2 Å². The zero-order valence-electron chi connectivity index (χ0n) is 16.4. The van der Waals surface area contributed by atoms with Crippen LogP contribution in [0.3, 0.4) is 0 Å². The minimum atomic E-state index is -0.271. The first-order chi connectivity index (χ1) is 13.6. The summed E-state index contributed by atoms with van der Waals surface area (Å²) in [6.45, 7) is 5.50. The molecule has 1 aromatic heterocycles. The molecule has 2 aliphatic heterocycles. The zero-order chi connectivity index (χ0) is 19.1. The molecule has 6 nitrogen and oxygen atoms in total. The largest absolute Gasteiger partial charge is 0.419 e. The van der Waals surface area contributed by atoms with Crippen LogP contribution in [0.15, 0.2) is 33.5 Å². The summed E-state index contributed by atoms with van der Waals surface area (Å²) in [5, 5.41) is 0. The summed E-state index contributed by atoms with van der Waals surface area (Å²) in [5.41, 5.74) is 1.77. The third-order valence-electron chi connectivity index (χ3n) is 6.88. The quantitative estimate of drug-likeness (QED) is 0.797. The van der Waals surface area contributed by atoms with Gasteiger partial charge >= 0.3 is 5.76 Å². The van der Waals surface area contributed by atoms with Crippen LogP contribution in [0, 0.1) is 11.3 Å². The molecule has 1 atom stereocenters. The maximum atomic E-state index is 12.4. The number of hydrogen-bond donors (Lipinski definition) is 0. The summed E-state index contributed by atoms with van der Waals surface area (Å²) in [4.78, 5) is 29.2. The lowest BCUT2D eigenvalue weighted by Crippen LogP contribution is -2.54. The molecule has 3 heterocycles. The van der Waals surface area contributed by atoms with Crippen molar-refractivity contribution in [1.29, 1.82) is 0 Å². The minimum Gasteiger partial charge on any atom is -0.408 e. The van der Waals surface area contributed by atoms with Crippen molar-refractivity contribution in [3.8, 4) is 0 Å². The number of carbonyl (C=O) groups is 1. The van der Waals surface area contributed by atoms with Gasteiger partial charge in [-0.05, 0) is 56.7 Å². The van der Waals surface area contributed by atoms with Gasteiger partial charge in [-0.2, -0.15) is 0 Å². The first-order valence-corrected chi connectivity index (χ1v) is 10.7. The van der Waals surface area contributed by atoms with Gasteiger partial charge in [0.15, 0.2) is 5.58 Å². The molecule has 1 saturated carbocycles. The standard InChI is InChI=1S/C22H29N3O3/c26-20-8-10-22(16-24(20)14-17-6-7-17)9-3-11-23(15-22)12-13-25-18-4-1-2-5-19(18)28-21(25)27/h1-2,4-5,17H,3,6-16H2/t22-/m1/s1. The van der Waals surface area contributed by atoms with Crippen molar-refractivity contribution >= 4 is 17.0 Å². The summed E-state index contributed by atoms with van der Waals surface area (Å²) in [7, 11) is 0. The van der Waals surface area contributed by atoms with Crippen LogP contribution in [0.2, 0.25) is 0 Å². The third-order valence-corrected chi connectivity index (χ3v) is 6.88. The number of benzene rings is 1. The second kappa shape index (κ2) is 7.07. The molecule has 150 valence electrons. The Morgan fingerprint density at radius 1 is 1.07 bits per heavy atom. The second-order valence-electron chi connectivity index (χ2n) is 9.08. The molecular formula is C22H29N3O3. The van der Waals surface area contributed by atoms with Gasteiger partial charge in [-0.3, -0.25) is 9.36 Å². The van der Waals surface area contributed by atoms with E-state index in [0.717, 1.165) is 50.6 Å². The molecule has 0 unspecified atom stereocenters. The van der Waals surface area contributed by atoms with Crippen molar-refractivity contribution in [2.75, 3.05) is 32.7 Å². The van der Waals surface area contributed by atoms with Crippen molar-refractivity contribution in [1.82, 2.24) is 14.4 Å². The highest BCUT2D eigenvalue weighted by Crippen LogP contribution is 2.40. The summed E-state index contributed by atoms with van der Waals surface area (Å²) in [6, 6.07) is 7.62. The van der Waals surface area contributed by atoms with E-state index in [2.05, 4.69) is 9.80 Å². The number of amides is 1. The molecule has 0 radical (unpaired) electrons. The molecule has 6 heteroatoms. The predicted molar refractivity (Wildman–Crippen MR) is 107 cm³/mol. The van der Waals surface area contributed by atoms with E-state index in [4.69, 9.17) is 4.42 Å². The lowest BCUT2D eigenvalue weighted by atomic mass is 9.73. The highest BCUT2D eigenvalue weighted by atomic mass is 16.4. The molecule has 2 aromatic rings. The highest BCUT2D eigenvalue weighted by molar-refractivity contribution is 5.77. The molecule has 28 heavy (non-hydrogen) atoms. The molecule has 5 rings (SSSR count). The van der Waals surface area contributed by atoms with Gasteiger partial charge in [0, 0.05) is 44.6 Å². The molecule has 3 aliphatic rings. The fraction of sp³-hybridized carbons (Fsp3) is 0.636. The van der Waals surface area contributed by atoms with Crippen molar-refractivity contribution in [2.24, 2.45) is 11.3 Å². The van der Waals surface area contributed by atoms with Gasteiger partial charge in [-0.25, -0.2) is 4.79 Å². The molecule has 1 aromatic carbocycles. The molecule has 1 amide bonds. The topological polar surface area (TPSA) is 58.7 Å². The summed E-state index contributed by atoms with van der Waals surface area (Å²) in [5.74, 6) is 0.831. The van der Waals surface area contributed by atoms with Crippen LogP contribution >= 0.6 is 0 Å². The van der Waals surface area contributed by atoms with E-state index in [1.807, 2.05) is 24.3 Å². The average molecular weight is 383 g/mol. The van der Waals surface area contributed by atoms with Crippen molar-refractivity contribution in [3.63, 3.8) is 0 Å². The SMILES string of the molecule is O=C1CC[C@@]2(CCCN(CCn3c(=O)oc4ccccc43)C2)CN1CC1CC1. The van der Waals surface area contributed by atoms with Gasteiger partial charge in [-0.1, -0.05) is 12.1 Å². The van der Waals surface area contributed by atoms with E-state index in [1.165, 1.54) is 25.7 Å². The van der Waals surface area contributed by atoms with Crippen LogP contribution < -0.4 is 5.76 Å².